The molecule has 0 aliphatic heterocycles. The largest absolute Gasteiger partial charge is 0.491 e. The van der Waals surface area contributed by atoms with E-state index >= 15 is 0 Å². The summed E-state index contributed by atoms with van der Waals surface area (Å²) < 4.78 is 29.8. The van der Waals surface area contributed by atoms with Crippen LogP contribution in [0.2, 0.25) is 0 Å². The second-order valence-electron chi connectivity index (χ2n) is 6.66. The summed E-state index contributed by atoms with van der Waals surface area (Å²) in [7, 11) is -3.27. The van der Waals surface area contributed by atoms with Gasteiger partial charge in [-0.15, -0.1) is 0 Å². The maximum Gasteiger partial charge on any atom is 0.178 e. The first kappa shape index (κ1) is 20.6. The average Bonchev–Trinajstić information content (AvgIpc) is 2.70. The molecule has 0 bridgehead atoms. The zero-order valence-electron chi connectivity index (χ0n) is 16.6. The van der Waals surface area contributed by atoms with Gasteiger partial charge in [0.05, 0.1) is 16.8 Å². The molecule has 1 heterocycles. The predicted octanol–water partition coefficient (Wildman–Crippen LogP) is 4.54. The molecule has 0 aliphatic carbocycles. The lowest BCUT2D eigenvalue weighted by molar-refractivity contribution is 0.242. The van der Waals surface area contributed by atoms with Gasteiger partial charge < -0.3 is 15.4 Å². The minimum atomic E-state index is -3.27. The Balaban J connectivity index is 1.72. The van der Waals surface area contributed by atoms with Crippen LogP contribution in [0.1, 0.15) is 20.8 Å². The molecule has 0 saturated carbocycles. The molecule has 8 heteroatoms. The lowest BCUT2D eigenvalue weighted by Gasteiger charge is -2.12. The van der Waals surface area contributed by atoms with Gasteiger partial charge in [0.15, 0.2) is 9.84 Å². The molecule has 3 aromatic rings. The molecule has 0 saturated heterocycles. The first-order valence-electron chi connectivity index (χ1n) is 9.31. The van der Waals surface area contributed by atoms with E-state index < -0.39 is 9.84 Å². The Bertz CT molecular complexity index is 1070. The average molecular weight is 413 g/mol. The van der Waals surface area contributed by atoms with Crippen molar-refractivity contribution < 1.29 is 13.2 Å². The molecule has 7 nitrogen and oxygen atoms in total. The van der Waals surface area contributed by atoms with Crippen LogP contribution in [0.25, 0.3) is 0 Å². The van der Waals surface area contributed by atoms with Crippen LogP contribution < -0.4 is 15.4 Å². The zero-order valence-corrected chi connectivity index (χ0v) is 17.4. The fourth-order valence-corrected chi connectivity index (χ4v) is 3.54. The lowest BCUT2D eigenvalue weighted by atomic mass is 10.3. The second kappa shape index (κ2) is 8.91. The third-order valence-corrected chi connectivity index (χ3v) is 5.74. The Morgan fingerprint density at radius 1 is 0.931 bits per heavy atom. The maximum atomic E-state index is 12.1. The van der Waals surface area contributed by atoms with Crippen molar-refractivity contribution in [2.45, 2.75) is 31.8 Å². The number of benzene rings is 2. The van der Waals surface area contributed by atoms with Crippen LogP contribution in [-0.2, 0) is 9.84 Å². The predicted molar refractivity (Wildman–Crippen MR) is 115 cm³/mol. The Morgan fingerprint density at radius 2 is 1.59 bits per heavy atom. The van der Waals surface area contributed by atoms with Gasteiger partial charge in [-0.3, -0.25) is 0 Å². The van der Waals surface area contributed by atoms with Gasteiger partial charge in [0.2, 0.25) is 0 Å². The Labute approximate surface area is 171 Å². The van der Waals surface area contributed by atoms with Crippen LogP contribution >= 0.6 is 0 Å². The molecule has 2 aromatic carbocycles. The third-order valence-electron chi connectivity index (χ3n) is 4.01. The molecular weight excluding hydrogens is 388 g/mol. The molecule has 152 valence electrons. The number of aromatic nitrogens is 2. The topological polar surface area (TPSA) is 93.2 Å². The monoisotopic (exact) mass is 412 g/mol. The van der Waals surface area contributed by atoms with Crippen LogP contribution in [0.15, 0.2) is 65.8 Å². The van der Waals surface area contributed by atoms with E-state index in [1.54, 1.807) is 37.3 Å². The highest BCUT2D eigenvalue weighted by atomic mass is 32.2. The minimum Gasteiger partial charge on any atom is -0.491 e. The summed E-state index contributed by atoms with van der Waals surface area (Å²) in [6.07, 6.45) is 1.56. The first-order valence-corrected chi connectivity index (χ1v) is 11.0. The molecule has 0 aliphatic rings. The molecule has 1 aromatic heterocycles. The van der Waals surface area contributed by atoms with Crippen molar-refractivity contribution in [1.82, 2.24) is 9.97 Å². The standard InChI is InChI=1S/C21H24N4O3S/c1-4-29(26,27)19-7-5-6-17(12-19)25-21-13-20(22-14-23-21)24-16-8-10-18(11-9-16)28-15(2)3/h5-15H,4H2,1-3H3,(H2,22,23,24,25). The highest BCUT2D eigenvalue weighted by Crippen LogP contribution is 2.23. The first-order chi connectivity index (χ1) is 13.9. The van der Waals surface area contributed by atoms with Crippen molar-refractivity contribution in [2.24, 2.45) is 0 Å². The van der Waals surface area contributed by atoms with Gasteiger partial charge in [-0.25, -0.2) is 18.4 Å². The van der Waals surface area contributed by atoms with Gasteiger partial charge in [0.25, 0.3) is 0 Å². The van der Waals surface area contributed by atoms with E-state index in [9.17, 15) is 8.42 Å². The maximum absolute atomic E-state index is 12.1. The van der Waals surface area contributed by atoms with Gasteiger partial charge in [0.1, 0.15) is 23.7 Å². The summed E-state index contributed by atoms with van der Waals surface area (Å²) in [5, 5.41) is 6.33. The molecule has 2 N–H and O–H groups in total. The molecule has 0 amide bonds. The third kappa shape index (κ3) is 5.68. The molecule has 3 rings (SSSR count). The molecule has 0 spiro atoms. The van der Waals surface area contributed by atoms with Gasteiger partial charge in [-0.2, -0.15) is 0 Å². The van der Waals surface area contributed by atoms with Crippen molar-refractivity contribution in [3.05, 3.63) is 60.9 Å². The summed E-state index contributed by atoms with van der Waals surface area (Å²) in [5.41, 5.74) is 1.50. The van der Waals surface area contributed by atoms with Crippen LogP contribution in [0, 0.1) is 0 Å². The van der Waals surface area contributed by atoms with Crippen molar-refractivity contribution >= 4 is 32.8 Å². The highest BCUT2D eigenvalue weighted by molar-refractivity contribution is 7.91. The summed E-state index contributed by atoms with van der Waals surface area (Å²) in [5.74, 6) is 2.02. The van der Waals surface area contributed by atoms with Gasteiger partial charge in [-0.05, 0) is 56.3 Å². The van der Waals surface area contributed by atoms with Crippen molar-refractivity contribution in [3.8, 4) is 5.75 Å². The van der Waals surface area contributed by atoms with Gasteiger partial charge in [0, 0.05) is 17.4 Å². The summed E-state index contributed by atoms with van der Waals surface area (Å²) >= 11 is 0. The number of nitrogens with zero attached hydrogens (tertiary/aromatic N) is 2. The number of hydrogen-bond donors (Lipinski definition) is 2. The molecule has 0 unspecified atom stereocenters. The highest BCUT2D eigenvalue weighted by Gasteiger charge is 2.12. The van der Waals surface area contributed by atoms with E-state index in [1.165, 1.54) is 6.33 Å². The lowest BCUT2D eigenvalue weighted by Crippen LogP contribution is -2.05. The Morgan fingerprint density at radius 3 is 2.21 bits per heavy atom. The Kier molecular flexibility index (Phi) is 6.33. The molecular formula is C21H24N4O3S. The number of hydrogen-bond acceptors (Lipinski definition) is 7. The van der Waals surface area contributed by atoms with Gasteiger partial charge in [-0.1, -0.05) is 13.0 Å². The number of nitrogens with one attached hydrogen (secondary N) is 2. The van der Waals surface area contributed by atoms with E-state index in [0.29, 0.717) is 17.3 Å². The SMILES string of the molecule is CCS(=O)(=O)c1cccc(Nc2cc(Nc3ccc(OC(C)C)cc3)ncn2)c1. The zero-order chi connectivity index (χ0) is 20.9. The van der Waals surface area contributed by atoms with Crippen molar-refractivity contribution in [3.63, 3.8) is 0 Å². The van der Waals surface area contributed by atoms with Crippen LogP contribution in [0.3, 0.4) is 0 Å². The Hall–Kier alpha value is -3.13. The van der Waals surface area contributed by atoms with Crippen LogP contribution in [-0.4, -0.2) is 30.2 Å². The molecule has 0 radical (unpaired) electrons. The number of sulfone groups is 1. The van der Waals surface area contributed by atoms with E-state index in [4.69, 9.17) is 4.74 Å². The van der Waals surface area contributed by atoms with Crippen molar-refractivity contribution in [1.29, 1.82) is 0 Å². The van der Waals surface area contributed by atoms with E-state index in [-0.39, 0.29) is 16.8 Å². The number of ether oxygens (including phenoxy) is 1. The molecule has 0 fully saturated rings. The summed E-state index contributed by atoms with van der Waals surface area (Å²) in [6.45, 7) is 5.59. The van der Waals surface area contributed by atoms with E-state index in [0.717, 1.165) is 11.4 Å². The van der Waals surface area contributed by atoms with Gasteiger partial charge >= 0.3 is 0 Å². The fraction of sp³-hybridized carbons (Fsp3) is 0.238. The van der Waals surface area contributed by atoms with Crippen LogP contribution in [0.5, 0.6) is 5.75 Å². The summed E-state index contributed by atoms with van der Waals surface area (Å²) in [4.78, 5) is 8.71. The number of anilines is 4. The molecule has 0 atom stereocenters. The smallest absolute Gasteiger partial charge is 0.178 e. The summed E-state index contributed by atoms with van der Waals surface area (Å²) in [6, 6.07) is 16.0. The normalized spacial score (nSPS) is 11.3. The van der Waals surface area contributed by atoms with E-state index in [2.05, 4.69) is 20.6 Å². The minimum absolute atomic E-state index is 0.0546. The van der Waals surface area contributed by atoms with Crippen molar-refractivity contribution in [2.75, 3.05) is 16.4 Å². The number of rotatable bonds is 8. The van der Waals surface area contributed by atoms with E-state index in [1.807, 2.05) is 38.1 Å². The second-order valence-corrected chi connectivity index (χ2v) is 8.94. The quantitative estimate of drug-likeness (QED) is 0.561. The molecule has 29 heavy (non-hydrogen) atoms. The van der Waals surface area contributed by atoms with Crippen LogP contribution in [0.4, 0.5) is 23.0 Å². The fourth-order valence-electron chi connectivity index (χ4n) is 2.61.